The fourth-order valence-corrected chi connectivity index (χ4v) is 4.56. The number of nitrogens with one attached hydrogen (secondary N) is 1. The molecule has 1 aromatic heterocycles. The number of H-pyrrole nitrogens is 1. The Morgan fingerprint density at radius 2 is 1.41 bits per heavy atom. The van der Waals surface area contributed by atoms with Gasteiger partial charge in [-0.2, -0.15) is 10.4 Å². The Hall–Kier alpha value is -1.41. The predicted octanol–water partition coefficient (Wildman–Crippen LogP) is 5.90. The van der Waals surface area contributed by atoms with E-state index < -0.39 is 0 Å². The van der Waals surface area contributed by atoms with Gasteiger partial charge in [0.2, 0.25) is 0 Å². The number of aryl methyl sites for hydroxylation is 1. The zero-order chi connectivity index (χ0) is 20.6. The number of aromatic amines is 1. The van der Waals surface area contributed by atoms with Gasteiger partial charge in [-0.1, -0.05) is 0 Å². The second-order valence-electron chi connectivity index (χ2n) is 6.54. The van der Waals surface area contributed by atoms with Gasteiger partial charge in [-0.05, 0) is 120 Å². The van der Waals surface area contributed by atoms with E-state index in [4.69, 9.17) is 11.0 Å². The number of hydrogen-bond donors (Lipinski definition) is 2. The maximum atomic E-state index is 13.5. The minimum Gasteiger partial charge on any atom is -0.382 e. The number of halogens is 3. The molecule has 0 aliphatic carbocycles. The number of fused-ring (bicyclic) bond motifs is 1. The van der Waals surface area contributed by atoms with E-state index in [-0.39, 0.29) is 11.4 Å². The molecule has 142 valence electrons. The number of nitriles is 1. The largest absolute Gasteiger partial charge is 0.382 e. The fraction of sp³-hybridized carbons (Fsp3) is 0.300. The van der Waals surface area contributed by atoms with Crippen LogP contribution in [0.3, 0.4) is 0 Å². The molecule has 0 saturated carbocycles. The standard InChI is InChI=1S/C10H9FIN.C10H12IN3/c1-5-6(2)9(11)8(4-13)10(12)7(5)3;1-4-5(2)8(11)7-9(6(4)3)13-14-10(7)12/h1-3H3;1-3H3,(H3,12,13,14). The van der Waals surface area contributed by atoms with Crippen LogP contribution in [0.2, 0.25) is 0 Å². The minimum absolute atomic E-state index is 0.168. The Kier molecular flexibility index (Phi) is 6.73. The summed E-state index contributed by atoms with van der Waals surface area (Å²) in [5.41, 5.74) is 13.4. The highest BCUT2D eigenvalue weighted by Gasteiger charge is 2.15. The molecule has 4 nitrogen and oxygen atoms in total. The molecule has 27 heavy (non-hydrogen) atoms. The first-order valence-electron chi connectivity index (χ1n) is 8.28. The molecule has 0 amide bonds. The van der Waals surface area contributed by atoms with Gasteiger partial charge >= 0.3 is 0 Å². The summed E-state index contributed by atoms with van der Waals surface area (Å²) in [5.74, 6) is 0.214. The fourth-order valence-electron chi connectivity index (χ4n) is 2.85. The first kappa shape index (κ1) is 21.9. The average Bonchev–Trinajstić information content (AvgIpc) is 3.04. The van der Waals surface area contributed by atoms with Crippen molar-refractivity contribution in [2.45, 2.75) is 41.5 Å². The third-order valence-electron chi connectivity index (χ3n) is 5.18. The summed E-state index contributed by atoms with van der Waals surface area (Å²) in [5, 5.41) is 16.8. The third kappa shape index (κ3) is 3.78. The van der Waals surface area contributed by atoms with Gasteiger partial charge in [-0.25, -0.2) is 4.39 Å². The van der Waals surface area contributed by atoms with Crippen molar-refractivity contribution in [2.75, 3.05) is 5.73 Å². The number of anilines is 1. The lowest BCUT2D eigenvalue weighted by Gasteiger charge is -2.10. The lowest BCUT2D eigenvalue weighted by molar-refractivity contribution is 0.611. The molecule has 0 fully saturated rings. The molecule has 3 aromatic rings. The van der Waals surface area contributed by atoms with Crippen molar-refractivity contribution < 1.29 is 4.39 Å². The lowest BCUT2D eigenvalue weighted by Crippen LogP contribution is -2.00. The SMILES string of the molecule is Cc1c(C)c(F)c(C#N)c(I)c1C.Cc1c(C)c(I)c2c(N)n[nH]c2c1C. The molecule has 0 spiro atoms. The normalized spacial score (nSPS) is 10.5. The van der Waals surface area contributed by atoms with Crippen LogP contribution in [0.15, 0.2) is 0 Å². The molecular weight excluding hydrogens is 569 g/mol. The predicted molar refractivity (Wildman–Crippen MR) is 125 cm³/mol. The number of aromatic nitrogens is 2. The summed E-state index contributed by atoms with van der Waals surface area (Å²) < 4.78 is 15.4. The van der Waals surface area contributed by atoms with Crippen LogP contribution >= 0.6 is 45.2 Å². The van der Waals surface area contributed by atoms with Crippen LogP contribution in [0.25, 0.3) is 10.9 Å². The highest BCUT2D eigenvalue weighted by atomic mass is 127. The van der Waals surface area contributed by atoms with Crippen molar-refractivity contribution in [3.8, 4) is 6.07 Å². The molecule has 3 N–H and O–H groups in total. The quantitative estimate of drug-likeness (QED) is 0.320. The van der Waals surface area contributed by atoms with Gasteiger partial charge in [0.15, 0.2) is 5.82 Å². The molecule has 3 rings (SSSR count). The van der Waals surface area contributed by atoms with Gasteiger partial charge in [-0.3, -0.25) is 5.10 Å². The van der Waals surface area contributed by atoms with Crippen molar-refractivity contribution >= 4 is 61.9 Å². The molecule has 7 heteroatoms. The van der Waals surface area contributed by atoms with E-state index >= 15 is 0 Å². The van der Waals surface area contributed by atoms with Crippen molar-refractivity contribution in [3.63, 3.8) is 0 Å². The van der Waals surface area contributed by atoms with E-state index in [0.29, 0.717) is 11.4 Å². The summed E-state index contributed by atoms with van der Waals surface area (Å²) in [4.78, 5) is 0. The van der Waals surface area contributed by atoms with Crippen molar-refractivity contribution in [1.29, 1.82) is 5.26 Å². The second kappa shape index (κ2) is 8.31. The Bertz CT molecular complexity index is 1070. The molecule has 2 aromatic carbocycles. The third-order valence-corrected chi connectivity index (χ3v) is 7.87. The van der Waals surface area contributed by atoms with E-state index in [0.717, 1.165) is 25.6 Å². The van der Waals surface area contributed by atoms with Crippen LogP contribution in [0.1, 0.15) is 38.9 Å². The van der Waals surface area contributed by atoms with Crippen LogP contribution in [-0.4, -0.2) is 10.2 Å². The van der Waals surface area contributed by atoms with Crippen molar-refractivity contribution in [1.82, 2.24) is 10.2 Å². The van der Waals surface area contributed by atoms with Crippen LogP contribution in [0.5, 0.6) is 0 Å². The zero-order valence-electron chi connectivity index (χ0n) is 16.1. The molecule has 1 heterocycles. The van der Waals surface area contributed by atoms with E-state index in [9.17, 15) is 4.39 Å². The molecule has 0 aliphatic heterocycles. The summed E-state index contributed by atoms with van der Waals surface area (Å²) in [6.07, 6.45) is 0. The molecule has 0 unspecified atom stereocenters. The smallest absolute Gasteiger partial charge is 0.154 e. The molecule has 0 bridgehead atoms. The Balaban J connectivity index is 0.000000194. The van der Waals surface area contributed by atoms with Crippen LogP contribution in [0.4, 0.5) is 10.2 Å². The molecule has 0 radical (unpaired) electrons. The van der Waals surface area contributed by atoms with Crippen LogP contribution in [-0.2, 0) is 0 Å². The van der Waals surface area contributed by atoms with Crippen molar-refractivity contribution in [2.24, 2.45) is 0 Å². The number of benzene rings is 2. The summed E-state index contributed by atoms with van der Waals surface area (Å²) in [7, 11) is 0. The monoisotopic (exact) mass is 590 g/mol. The highest BCUT2D eigenvalue weighted by Crippen LogP contribution is 2.32. The average molecular weight is 590 g/mol. The van der Waals surface area contributed by atoms with Gasteiger partial charge < -0.3 is 5.73 Å². The van der Waals surface area contributed by atoms with Gasteiger partial charge in [0.1, 0.15) is 17.4 Å². The molecule has 0 saturated heterocycles. The second-order valence-corrected chi connectivity index (χ2v) is 8.70. The zero-order valence-corrected chi connectivity index (χ0v) is 20.4. The van der Waals surface area contributed by atoms with Crippen LogP contribution < -0.4 is 5.73 Å². The summed E-state index contributed by atoms with van der Waals surface area (Å²) in [6.45, 7) is 11.8. The molecule has 0 aliphatic rings. The summed E-state index contributed by atoms with van der Waals surface area (Å²) in [6, 6.07) is 1.89. The van der Waals surface area contributed by atoms with E-state index in [1.165, 1.54) is 20.3 Å². The van der Waals surface area contributed by atoms with Crippen LogP contribution in [0, 0.1) is 65.8 Å². The Labute approximate surface area is 186 Å². The highest BCUT2D eigenvalue weighted by molar-refractivity contribution is 14.1. The molecular formula is C20H21FI2N4. The van der Waals surface area contributed by atoms with Gasteiger partial charge in [0.05, 0.1) is 10.9 Å². The maximum Gasteiger partial charge on any atom is 0.154 e. The first-order valence-corrected chi connectivity index (χ1v) is 10.4. The van der Waals surface area contributed by atoms with Gasteiger partial charge in [-0.15, -0.1) is 0 Å². The molecule has 0 atom stereocenters. The number of nitrogens with two attached hydrogens (primary N) is 1. The number of hydrogen-bond acceptors (Lipinski definition) is 3. The number of rotatable bonds is 0. The Morgan fingerprint density at radius 1 is 0.889 bits per heavy atom. The van der Waals surface area contributed by atoms with Crippen molar-refractivity contribution in [3.05, 3.63) is 51.9 Å². The van der Waals surface area contributed by atoms with E-state index in [1.807, 2.05) is 42.5 Å². The summed E-state index contributed by atoms with van der Waals surface area (Å²) >= 11 is 4.34. The first-order chi connectivity index (χ1) is 12.5. The topological polar surface area (TPSA) is 78.5 Å². The van der Waals surface area contributed by atoms with E-state index in [1.54, 1.807) is 6.92 Å². The van der Waals surface area contributed by atoms with Gasteiger partial charge in [0.25, 0.3) is 0 Å². The van der Waals surface area contributed by atoms with E-state index in [2.05, 4.69) is 53.6 Å². The lowest BCUT2D eigenvalue weighted by atomic mass is 10.0. The van der Waals surface area contributed by atoms with Gasteiger partial charge in [0, 0.05) is 7.14 Å². The minimum atomic E-state index is -0.380. The number of nitrogen functional groups attached to an aromatic ring is 1. The maximum absolute atomic E-state index is 13.5. The number of nitrogens with zero attached hydrogens (tertiary/aromatic N) is 2. The Morgan fingerprint density at radius 3 is 1.96 bits per heavy atom.